The van der Waals surface area contributed by atoms with Crippen molar-refractivity contribution < 1.29 is 27.9 Å². The molecule has 2 aromatic carbocycles. The van der Waals surface area contributed by atoms with Crippen molar-refractivity contribution in [1.29, 1.82) is 0 Å². The summed E-state index contributed by atoms with van der Waals surface area (Å²) in [6.07, 6.45) is -4.45. The Labute approximate surface area is 204 Å². The van der Waals surface area contributed by atoms with Crippen molar-refractivity contribution in [2.45, 2.75) is 65.3 Å². The molecule has 4 N–H and O–H groups in total. The Morgan fingerprint density at radius 2 is 1.77 bits per heavy atom. The van der Waals surface area contributed by atoms with Crippen LogP contribution in [0.1, 0.15) is 53.5 Å². The molecule has 0 spiro atoms. The van der Waals surface area contributed by atoms with E-state index in [-0.39, 0.29) is 17.8 Å². The first-order valence-electron chi connectivity index (χ1n) is 11.6. The minimum Gasteiger partial charge on any atom is -0.391 e. The van der Waals surface area contributed by atoms with Gasteiger partial charge >= 0.3 is 6.18 Å². The molecule has 0 aromatic heterocycles. The van der Waals surface area contributed by atoms with Gasteiger partial charge in [0.15, 0.2) is 0 Å². The van der Waals surface area contributed by atoms with Crippen molar-refractivity contribution in [1.82, 2.24) is 5.32 Å². The maximum Gasteiger partial charge on any atom is 0.416 e. The molecule has 1 unspecified atom stereocenters. The molecule has 2 aromatic rings. The number of primary amides is 1. The third-order valence-electron chi connectivity index (χ3n) is 5.81. The number of aliphatic hydroxyl groups is 1. The SMILES string of the molecule is Cc1ccc(CNCCCCC(O)CN(C(=O)CC(N)=O)c2ccc(C)c(C(F)(F)F)c2)c(C)c1. The van der Waals surface area contributed by atoms with Crippen LogP contribution in [0.3, 0.4) is 0 Å². The largest absolute Gasteiger partial charge is 0.416 e. The van der Waals surface area contributed by atoms with Crippen molar-refractivity contribution in [3.8, 4) is 0 Å². The van der Waals surface area contributed by atoms with Crippen LogP contribution >= 0.6 is 0 Å². The quantitative estimate of drug-likeness (QED) is 0.306. The molecule has 35 heavy (non-hydrogen) atoms. The van der Waals surface area contributed by atoms with Gasteiger partial charge in [-0.3, -0.25) is 9.59 Å². The zero-order valence-electron chi connectivity index (χ0n) is 20.4. The molecule has 2 rings (SSSR count). The number of aryl methyl sites for hydroxylation is 3. The lowest BCUT2D eigenvalue weighted by Gasteiger charge is -2.26. The summed E-state index contributed by atoms with van der Waals surface area (Å²) in [5.41, 5.74) is 7.86. The van der Waals surface area contributed by atoms with Gasteiger partial charge in [-0.05, 0) is 75.4 Å². The Bertz CT molecular complexity index is 1020. The van der Waals surface area contributed by atoms with E-state index in [0.29, 0.717) is 12.8 Å². The van der Waals surface area contributed by atoms with E-state index in [0.717, 1.165) is 30.5 Å². The second kappa shape index (κ2) is 12.7. The monoisotopic (exact) mass is 493 g/mol. The van der Waals surface area contributed by atoms with Gasteiger partial charge in [0.25, 0.3) is 0 Å². The minimum atomic E-state index is -4.60. The van der Waals surface area contributed by atoms with Gasteiger partial charge in [0, 0.05) is 12.2 Å². The third kappa shape index (κ3) is 8.99. The first-order chi connectivity index (χ1) is 16.4. The second-order valence-corrected chi connectivity index (χ2v) is 8.90. The molecule has 192 valence electrons. The summed E-state index contributed by atoms with van der Waals surface area (Å²) in [6.45, 7) is 6.67. The van der Waals surface area contributed by atoms with E-state index in [4.69, 9.17) is 5.73 Å². The van der Waals surface area contributed by atoms with Crippen LogP contribution in [-0.4, -0.2) is 36.1 Å². The predicted octanol–water partition coefficient (Wildman–Crippen LogP) is 4.16. The summed E-state index contributed by atoms with van der Waals surface area (Å²) in [6, 6.07) is 9.78. The van der Waals surface area contributed by atoms with E-state index in [2.05, 4.69) is 30.4 Å². The van der Waals surface area contributed by atoms with Crippen LogP contribution in [0, 0.1) is 20.8 Å². The number of unbranched alkanes of at least 4 members (excludes halogenated alkanes) is 1. The summed E-state index contributed by atoms with van der Waals surface area (Å²) in [7, 11) is 0. The summed E-state index contributed by atoms with van der Waals surface area (Å²) < 4.78 is 40.0. The maximum absolute atomic E-state index is 13.3. The third-order valence-corrected chi connectivity index (χ3v) is 5.81. The van der Waals surface area contributed by atoms with E-state index in [1.165, 1.54) is 35.7 Å². The summed E-state index contributed by atoms with van der Waals surface area (Å²) in [5.74, 6) is -1.66. The van der Waals surface area contributed by atoms with Crippen molar-refractivity contribution in [2.24, 2.45) is 5.73 Å². The van der Waals surface area contributed by atoms with Gasteiger partial charge in [-0.1, -0.05) is 29.8 Å². The number of hydrogen-bond acceptors (Lipinski definition) is 4. The van der Waals surface area contributed by atoms with Crippen LogP contribution in [0.15, 0.2) is 36.4 Å². The van der Waals surface area contributed by atoms with Gasteiger partial charge in [-0.2, -0.15) is 13.2 Å². The van der Waals surface area contributed by atoms with Crippen LogP contribution in [0.5, 0.6) is 0 Å². The van der Waals surface area contributed by atoms with E-state index >= 15 is 0 Å². The lowest BCUT2D eigenvalue weighted by molar-refractivity contribution is -0.138. The summed E-state index contributed by atoms with van der Waals surface area (Å²) >= 11 is 0. The molecular formula is C26H34F3N3O3. The van der Waals surface area contributed by atoms with Gasteiger partial charge in [0.1, 0.15) is 6.42 Å². The number of aliphatic hydroxyl groups excluding tert-OH is 1. The van der Waals surface area contributed by atoms with Crippen LogP contribution in [-0.2, 0) is 22.3 Å². The first-order valence-corrected chi connectivity index (χ1v) is 11.6. The van der Waals surface area contributed by atoms with Crippen LogP contribution in [0.4, 0.5) is 18.9 Å². The van der Waals surface area contributed by atoms with Crippen molar-refractivity contribution in [3.05, 3.63) is 64.2 Å². The molecule has 0 aliphatic heterocycles. The highest BCUT2D eigenvalue weighted by atomic mass is 19.4. The second-order valence-electron chi connectivity index (χ2n) is 8.90. The van der Waals surface area contributed by atoms with Crippen molar-refractivity contribution >= 4 is 17.5 Å². The number of halogens is 3. The highest BCUT2D eigenvalue weighted by Crippen LogP contribution is 2.34. The molecule has 0 aliphatic carbocycles. The fraction of sp³-hybridized carbons (Fsp3) is 0.462. The molecule has 6 nitrogen and oxygen atoms in total. The molecule has 0 aliphatic rings. The van der Waals surface area contributed by atoms with Gasteiger partial charge < -0.3 is 21.1 Å². The number of rotatable bonds is 12. The number of anilines is 1. The number of nitrogens with zero attached hydrogens (tertiary/aromatic N) is 1. The van der Waals surface area contributed by atoms with Crippen LogP contribution < -0.4 is 16.0 Å². The molecule has 0 saturated heterocycles. The number of hydrogen-bond donors (Lipinski definition) is 3. The van der Waals surface area contributed by atoms with Gasteiger partial charge in [-0.25, -0.2) is 0 Å². The molecule has 0 fully saturated rings. The Morgan fingerprint density at radius 3 is 2.40 bits per heavy atom. The van der Waals surface area contributed by atoms with Gasteiger partial charge in [-0.15, -0.1) is 0 Å². The molecule has 0 saturated carbocycles. The number of alkyl halides is 3. The van der Waals surface area contributed by atoms with Gasteiger partial charge in [0.05, 0.1) is 18.2 Å². The maximum atomic E-state index is 13.3. The van der Waals surface area contributed by atoms with E-state index in [1.807, 2.05) is 6.92 Å². The molecule has 0 heterocycles. The highest BCUT2D eigenvalue weighted by Gasteiger charge is 2.33. The molecule has 9 heteroatoms. The van der Waals surface area contributed by atoms with E-state index < -0.39 is 36.1 Å². The van der Waals surface area contributed by atoms with E-state index in [1.54, 1.807) is 0 Å². The molecule has 1 atom stereocenters. The zero-order chi connectivity index (χ0) is 26.2. The smallest absolute Gasteiger partial charge is 0.391 e. The lowest BCUT2D eigenvalue weighted by Crippen LogP contribution is -2.39. The van der Waals surface area contributed by atoms with Crippen molar-refractivity contribution in [3.63, 3.8) is 0 Å². The highest BCUT2D eigenvalue weighted by molar-refractivity contribution is 6.04. The summed E-state index contributed by atoms with van der Waals surface area (Å²) in [4.78, 5) is 24.8. The fourth-order valence-corrected chi connectivity index (χ4v) is 3.88. The van der Waals surface area contributed by atoms with Crippen molar-refractivity contribution in [2.75, 3.05) is 18.0 Å². The average Bonchev–Trinajstić information content (AvgIpc) is 2.75. The molecule has 0 bridgehead atoms. The number of nitrogens with two attached hydrogens (primary N) is 1. The minimum absolute atomic E-state index is 0.0115. The Balaban J connectivity index is 1.94. The predicted molar refractivity (Wildman–Crippen MR) is 130 cm³/mol. The number of carbonyl (C=O) groups is 2. The number of nitrogens with one attached hydrogen (secondary N) is 1. The lowest BCUT2D eigenvalue weighted by atomic mass is 10.1. The first kappa shape index (κ1) is 28.3. The Morgan fingerprint density at radius 1 is 1.06 bits per heavy atom. The fourth-order valence-electron chi connectivity index (χ4n) is 3.88. The number of benzene rings is 2. The normalized spacial score (nSPS) is 12.4. The standard InChI is InChI=1S/C26H34F3N3O3/c1-17-7-9-20(19(3)12-17)15-31-11-5-4-6-22(33)16-32(25(35)14-24(30)34)21-10-8-18(2)23(13-21)26(27,28)29/h7-10,12-13,22,31,33H,4-6,11,14-16H2,1-3H3,(H2,30,34). The molecule has 0 radical (unpaired) electrons. The topological polar surface area (TPSA) is 95.7 Å². The molecular weight excluding hydrogens is 459 g/mol. The Hall–Kier alpha value is -2.91. The number of carbonyl (C=O) groups excluding carboxylic acids is 2. The summed E-state index contributed by atoms with van der Waals surface area (Å²) in [5, 5.41) is 13.9. The van der Waals surface area contributed by atoms with Crippen LogP contribution in [0.25, 0.3) is 0 Å². The van der Waals surface area contributed by atoms with Gasteiger partial charge in [0.2, 0.25) is 11.8 Å². The zero-order valence-corrected chi connectivity index (χ0v) is 20.4. The number of amides is 2. The van der Waals surface area contributed by atoms with E-state index in [9.17, 15) is 27.9 Å². The average molecular weight is 494 g/mol. The van der Waals surface area contributed by atoms with Crippen LogP contribution in [0.2, 0.25) is 0 Å². The molecule has 2 amide bonds. The Kier molecular flexibility index (Phi) is 10.3.